The smallest absolute Gasteiger partial charge is 0.317 e. The molecule has 1 aromatic heterocycles. The van der Waals surface area contributed by atoms with Gasteiger partial charge in [0.05, 0.1) is 10.4 Å². The van der Waals surface area contributed by atoms with Gasteiger partial charge in [0.15, 0.2) is 0 Å². The van der Waals surface area contributed by atoms with Gasteiger partial charge < -0.3 is 25.8 Å². The maximum Gasteiger partial charge on any atom is 0.317 e. The third-order valence-corrected chi connectivity index (χ3v) is 6.87. The van der Waals surface area contributed by atoms with E-state index in [1.165, 1.54) is 23.5 Å². The molecule has 3 N–H and O–H groups in total. The van der Waals surface area contributed by atoms with E-state index in [0.29, 0.717) is 48.0 Å². The first-order valence-electron chi connectivity index (χ1n) is 12.4. The largest absolute Gasteiger partial charge is 0.367 e. The molecule has 4 amide bonds. The normalized spacial score (nSPS) is 13.7. The minimum absolute atomic E-state index is 0.110. The van der Waals surface area contributed by atoms with Crippen LogP contribution in [0.25, 0.3) is 0 Å². The fourth-order valence-corrected chi connectivity index (χ4v) is 4.72. The van der Waals surface area contributed by atoms with Gasteiger partial charge in [-0.2, -0.15) is 0 Å². The van der Waals surface area contributed by atoms with Crippen LogP contribution in [0.2, 0.25) is 0 Å². The molecule has 0 unspecified atom stereocenters. The van der Waals surface area contributed by atoms with Gasteiger partial charge in [-0.05, 0) is 68.1 Å². The average Bonchev–Trinajstić information content (AvgIpc) is 3.43. The molecule has 0 saturated carbocycles. The second-order valence-corrected chi connectivity index (χ2v) is 11.1. The Morgan fingerprint density at radius 1 is 0.947 bits per heavy atom. The van der Waals surface area contributed by atoms with Gasteiger partial charge in [-0.25, -0.2) is 9.18 Å². The summed E-state index contributed by atoms with van der Waals surface area (Å²) in [5.41, 5.74) is 2.06. The third-order valence-electron chi connectivity index (χ3n) is 6.00. The number of nitrogens with one attached hydrogen (secondary N) is 3. The van der Waals surface area contributed by atoms with E-state index in [-0.39, 0.29) is 35.7 Å². The summed E-state index contributed by atoms with van der Waals surface area (Å²) in [6.07, 6.45) is 0. The van der Waals surface area contributed by atoms with Crippen molar-refractivity contribution in [1.82, 2.24) is 15.5 Å². The molecule has 2 aromatic carbocycles. The van der Waals surface area contributed by atoms with Crippen LogP contribution in [-0.4, -0.2) is 54.5 Å². The van der Waals surface area contributed by atoms with Crippen molar-refractivity contribution in [3.05, 3.63) is 81.8 Å². The van der Waals surface area contributed by atoms with Crippen LogP contribution in [0.5, 0.6) is 0 Å². The average molecular weight is 538 g/mol. The summed E-state index contributed by atoms with van der Waals surface area (Å²) in [5.74, 6) is -0.903. The number of rotatable bonds is 6. The highest BCUT2D eigenvalue weighted by Crippen LogP contribution is 2.27. The molecular formula is C28H32FN5O3S. The van der Waals surface area contributed by atoms with E-state index < -0.39 is 0 Å². The zero-order chi connectivity index (χ0) is 27.3. The van der Waals surface area contributed by atoms with Gasteiger partial charge in [-0.3, -0.25) is 9.59 Å². The summed E-state index contributed by atoms with van der Waals surface area (Å²) in [6.45, 7) is 8.17. The molecule has 0 radical (unpaired) electrons. The van der Waals surface area contributed by atoms with Crippen molar-refractivity contribution in [3.8, 4) is 0 Å². The molecule has 4 rings (SSSR count). The predicted octanol–water partition coefficient (Wildman–Crippen LogP) is 4.70. The van der Waals surface area contributed by atoms with Crippen LogP contribution in [0.3, 0.4) is 0 Å². The van der Waals surface area contributed by atoms with Crippen LogP contribution in [0.1, 0.15) is 46.4 Å². The molecule has 1 aliphatic rings. The van der Waals surface area contributed by atoms with Gasteiger partial charge in [0.25, 0.3) is 11.8 Å². The minimum atomic E-state index is -0.341. The molecule has 1 aliphatic heterocycles. The van der Waals surface area contributed by atoms with Crippen LogP contribution >= 0.6 is 11.3 Å². The summed E-state index contributed by atoms with van der Waals surface area (Å²) in [5, 5.41) is 10.6. The fourth-order valence-electron chi connectivity index (χ4n) is 4.10. The van der Waals surface area contributed by atoms with Gasteiger partial charge in [0.1, 0.15) is 5.82 Å². The highest BCUT2D eigenvalue weighted by atomic mass is 32.1. The van der Waals surface area contributed by atoms with Crippen LogP contribution < -0.4 is 20.9 Å². The Morgan fingerprint density at radius 3 is 2.29 bits per heavy atom. The first-order chi connectivity index (χ1) is 18.1. The Morgan fingerprint density at radius 2 is 1.66 bits per heavy atom. The number of carbonyl (C=O) groups excluding carboxylic acids is 3. The van der Waals surface area contributed by atoms with E-state index in [1.54, 1.807) is 41.3 Å². The topological polar surface area (TPSA) is 93.8 Å². The van der Waals surface area contributed by atoms with E-state index in [4.69, 9.17) is 0 Å². The minimum Gasteiger partial charge on any atom is -0.367 e. The molecular weight excluding hydrogens is 505 g/mol. The second kappa shape index (κ2) is 11.6. The van der Waals surface area contributed by atoms with Gasteiger partial charge in [-0.15, -0.1) is 11.3 Å². The van der Waals surface area contributed by atoms with Crippen molar-refractivity contribution in [3.63, 3.8) is 0 Å². The van der Waals surface area contributed by atoms with Crippen LogP contribution in [0, 0.1) is 5.82 Å². The molecule has 8 nitrogen and oxygen atoms in total. The number of thiophene rings is 1. The van der Waals surface area contributed by atoms with E-state index in [9.17, 15) is 18.8 Å². The Bertz CT molecular complexity index is 1280. The number of anilines is 2. The number of amides is 4. The van der Waals surface area contributed by atoms with Gasteiger partial charge in [0.2, 0.25) is 0 Å². The van der Waals surface area contributed by atoms with Crippen molar-refractivity contribution in [1.29, 1.82) is 0 Å². The first kappa shape index (κ1) is 27.1. The number of carbonyl (C=O) groups is 3. The maximum absolute atomic E-state index is 13.3. The van der Waals surface area contributed by atoms with Crippen molar-refractivity contribution in [2.75, 3.05) is 36.4 Å². The van der Waals surface area contributed by atoms with Crippen molar-refractivity contribution >= 4 is 40.6 Å². The quantitative estimate of drug-likeness (QED) is 0.425. The predicted molar refractivity (Wildman–Crippen MR) is 148 cm³/mol. The lowest BCUT2D eigenvalue weighted by Crippen LogP contribution is -2.55. The number of piperazine rings is 1. The summed E-state index contributed by atoms with van der Waals surface area (Å²) in [7, 11) is 0. The summed E-state index contributed by atoms with van der Waals surface area (Å²) < 4.78 is 13.3. The molecule has 0 aliphatic carbocycles. The maximum atomic E-state index is 13.3. The summed E-state index contributed by atoms with van der Waals surface area (Å²) in [6, 6.07) is 14.6. The SMILES string of the molecule is CC(C)(C)NC(=O)N1CCN(c2ccc(NC(=O)c3cccs3)cc2C(=O)NCc2ccc(F)cc2)CC1. The number of urea groups is 1. The standard InChI is InChI=1S/C28H32FN5O3S/c1-28(2,3)32-27(37)34-14-12-33(13-15-34)23-11-10-21(31-26(36)24-5-4-16-38-24)17-22(23)25(35)30-18-19-6-8-20(29)9-7-19/h4-11,16-17H,12-15,18H2,1-3H3,(H,30,35)(H,31,36)(H,32,37). The molecule has 0 atom stereocenters. The molecule has 10 heteroatoms. The van der Waals surface area contributed by atoms with E-state index in [0.717, 1.165) is 5.56 Å². The van der Waals surface area contributed by atoms with Gasteiger partial charge in [0, 0.05) is 49.6 Å². The van der Waals surface area contributed by atoms with Crippen LogP contribution in [0.4, 0.5) is 20.6 Å². The Kier molecular flexibility index (Phi) is 8.31. The highest BCUT2D eigenvalue weighted by molar-refractivity contribution is 7.12. The lowest BCUT2D eigenvalue weighted by atomic mass is 10.1. The molecule has 1 fully saturated rings. The van der Waals surface area contributed by atoms with E-state index >= 15 is 0 Å². The first-order valence-corrected chi connectivity index (χ1v) is 13.3. The molecule has 3 aromatic rings. The number of hydrogen-bond acceptors (Lipinski definition) is 5. The third kappa shape index (κ3) is 7.10. The summed E-state index contributed by atoms with van der Waals surface area (Å²) in [4.78, 5) is 42.9. The zero-order valence-corrected chi connectivity index (χ0v) is 22.5. The monoisotopic (exact) mass is 537 g/mol. The van der Waals surface area contributed by atoms with Crippen molar-refractivity contribution in [2.45, 2.75) is 32.9 Å². The van der Waals surface area contributed by atoms with E-state index in [2.05, 4.69) is 20.9 Å². The van der Waals surface area contributed by atoms with Crippen molar-refractivity contribution < 1.29 is 18.8 Å². The highest BCUT2D eigenvalue weighted by Gasteiger charge is 2.26. The lowest BCUT2D eigenvalue weighted by molar-refractivity contribution is 0.0949. The number of nitrogens with zero attached hydrogens (tertiary/aromatic N) is 2. The van der Waals surface area contributed by atoms with Gasteiger partial charge >= 0.3 is 6.03 Å². The Balaban J connectivity index is 1.51. The fraction of sp³-hybridized carbons (Fsp3) is 0.321. The zero-order valence-electron chi connectivity index (χ0n) is 21.7. The van der Waals surface area contributed by atoms with Gasteiger partial charge in [-0.1, -0.05) is 18.2 Å². The molecule has 200 valence electrons. The van der Waals surface area contributed by atoms with Crippen LogP contribution in [0.15, 0.2) is 60.0 Å². The number of benzene rings is 2. The number of halogens is 1. The number of hydrogen-bond donors (Lipinski definition) is 3. The molecule has 1 saturated heterocycles. The Labute approximate surface area is 225 Å². The lowest BCUT2D eigenvalue weighted by Gasteiger charge is -2.38. The van der Waals surface area contributed by atoms with Crippen LogP contribution in [-0.2, 0) is 6.54 Å². The summed E-state index contributed by atoms with van der Waals surface area (Å²) >= 11 is 1.34. The molecule has 0 spiro atoms. The molecule has 0 bridgehead atoms. The molecule has 38 heavy (non-hydrogen) atoms. The van der Waals surface area contributed by atoms with Crippen molar-refractivity contribution in [2.24, 2.45) is 0 Å². The molecule has 2 heterocycles. The Hall–Kier alpha value is -3.92. The van der Waals surface area contributed by atoms with E-state index in [1.807, 2.05) is 32.2 Å². The second-order valence-electron chi connectivity index (χ2n) is 10.1.